The summed E-state index contributed by atoms with van der Waals surface area (Å²) in [7, 11) is 0. The van der Waals surface area contributed by atoms with E-state index in [1.165, 1.54) is 31.4 Å². The van der Waals surface area contributed by atoms with Crippen LogP contribution in [0.5, 0.6) is 5.75 Å². The first-order chi connectivity index (χ1) is 16.1. The maximum atomic E-state index is 13.4. The Hall–Kier alpha value is -3.26. The van der Waals surface area contributed by atoms with Crippen molar-refractivity contribution in [2.24, 2.45) is 10.1 Å². The van der Waals surface area contributed by atoms with Gasteiger partial charge in [-0.05, 0) is 55.7 Å². The molecule has 1 fully saturated rings. The van der Waals surface area contributed by atoms with Gasteiger partial charge in [0.05, 0.1) is 23.1 Å². The first kappa shape index (κ1) is 21.6. The summed E-state index contributed by atoms with van der Waals surface area (Å²) in [5.41, 5.74) is 4.02. The number of halogens is 1. The molecule has 0 bridgehead atoms. The fourth-order valence-corrected chi connectivity index (χ4v) is 5.09. The monoisotopic (exact) mass is 464 g/mol. The number of nitrogens with one attached hydrogen (secondary N) is 1. The van der Waals surface area contributed by atoms with Crippen LogP contribution in [0.3, 0.4) is 0 Å². The minimum atomic E-state index is -0.276. The molecule has 1 N–H and O–H groups in total. The molecule has 170 valence electrons. The molecule has 3 aromatic rings. The van der Waals surface area contributed by atoms with E-state index in [9.17, 15) is 9.18 Å². The van der Waals surface area contributed by atoms with Crippen LogP contribution in [0.1, 0.15) is 44.6 Å². The highest BCUT2D eigenvalue weighted by molar-refractivity contribution is 7.07. The van der Waals surface area contributed by atoms with E-state index >= 15 is 0 Å². The molecule has 2 heterocycles. The van der Waals surface area contributed by atoms with Gasteiger partial charge >= 0.3 is 0 Å². The molecular weight excluding hydrogens is 439 g/mol. The number of benzene rings is 2. The lowest BCUT2D eigenvalue weighted by atomic mass is 9.96. The zero-order chi connectivity index (χ0) is 22.8. The fourth-order valence-electron chi connectivity index (χ4n) is 4.19. The molecule has 0 spiro atoms. The van der Waals surface area contributed by atoms with Crippen molar-refractivity contribution in [1.82, 2.24) is 4.68 Å². The highest BCUT2D eigenvalue weighted by Gasteiger charge is 2.19. The van der Waals surface area contributed by atoms with Crippen LogP contribution in [0.2, 0.25) is 0 Å². The Morgan fingerprint density at radius 2 is 1.94 bits per heavy atom. The van der Waals surface area contributed by atoms with Gasteiger partial charge in [0.15, 0.2) is 6.61 Å². The lowest BCUT2D eigenvalue weighted by Gasteiger charge is -2.19. The van der Waals surface area contributed by atoms with Gasteiger partial charge in [0.25, 0.3) is 5.91 Å². The van der Waals surface area contributed by atoms with Crippen LogP contribution < -0.4 is 14.9 Å². The number of hydrogen-bond acceptors (Lipinski definition) is 5. The molecule has 6 nitrogen and oxygen atoms in total. The van der Waals surface area contributed by atoms with E-state index in [0.29, 0.717) is 17.5 Å². The topological polar surface area (TPSA) is 68.0 Å². The van der Waals surface area contributed by atoms with Crippen molar-refractivity contribution in [3.05, 3.63) is 64.0 Å². The van der Waals surface area contributed by atoms with E-state index in [1.54, 1.807) is 23.5 Å². The minimum absolute atomic E-state index is 0.0242. The van der Waals surface area contributed by atoms with Crippen molar-refractivity contribution in [1.29, 1.82) is 0 Å². The van der Waals surface area contributed by atoms with Crippen LogP contribution in [-0.2, 0) is 4.79 Å². The molecule has 1 aliphatic heterocycles. The second-order valence-corrected chi connectivity index (χ2v) is 9.21. The van der Waals surface area contributed by atoms with Crippen LogP contribution in [0.4, 0.5) is 10.1 Å². The molecule has 1 saturated carbocycles. The third-order valence-electron chi connectivity index (χ3n) is 5.97. The number of aromatic nitrogens is 1. The van der Waals surface area contributed by atoms with Gasteiger partial charge < -0.3 is 10.1 Å². The zero-order valence-electron chi connectivity index (χ0n) is 18.4. The van der Waals surface area contributed by atoms with Crippen LogP contribution >= 0.6 is 11.3 Å². The second-order valence-electron chi connectivity index (χ2n) is 8.38. The van der Waals surface area contributed by atoms with Gasteiger partial charge in [-0.25, -0.2) is 9.07 Å². The largest absolute Gasteiger partial charge is 0.482 e. The minimum Gasteiger partial charge on any atom is -0.482 e. The van der Waals surface area contributed by atoms with E-state index in [0.717, 1.165) is 40.2 Å². The summed E-state index contributed by atoms with van der Waals surface area (Å²) in [6.45, 7) is 1.93. The molecule has 33 heavy (non-hydrogen) atoms. The summed E-state index contributed by atoms with van der Waals surface area (Å²) < 4.78 is 20.8. The standard InChI is InChI=1S/C25H25FN4O2S/c1-16(17-7-10-19(26)11-8-17)29-30-22(15-33-25(30)27-20-5-3-2-4-6-20)18-9-12-23-21(13-18)28-24(31)14-32-23/h7-13,15,20H,2-6,14H2,1H3,(H,28,31). The van der Waals surface area contributed by atoms with Gasteiger partial charge in [-0.15, -0.1) is 11.3 Å². The summed E-state index contributed by atoms with van der Waals surface area (Å²) in [6.07, 6.45) is 5.86. The molecule has 5 rings (SSSR count). The molecular formula is C25H25FN4O2S. The first-order valence-corrected chi connectivity index (χ1v) is 12.1. The number of thiazole rings is 1. The highest BCUT2D eigenvalue weighted by Crippen LogP contribution is 2.33. The molecule has 1 aromatic heterocycles. The van der Waals surface area contributed by atoms with Gasteiger partial charge in [0.2, 0.25) is 4.80 Å². The van der Waals surface area contributed by atoms with E-state index in [4.69, 9.17) is 14.8 Å². The molecule has 8 heteroatoms. The molecule has 0 radical (unpaired) electrons. The van der Waals surface area contributed by atoms with Gasteiger partial charge in [0.1, 0.15) is 11.6 Å². The Kier molecular flexibility index (Phi) is 6.09. The molecule has 2 aliphatic rings. The number of carbonyl (C=O) groups is 1. The van der Waals surface area contributed by atoms with E-state index in [1.807, 2.05) is 35.2 Å². The van der Waals surface area contributed by atoms with Crippen molar-refractivity contribution in [2.45, 2.75) is 45.1 Å². The van der Waals surface area contributed by atoms with Gasteiger partial charge in [-0.2, -0.15) is 5.10 Å². The zero-order valence-corrected chi connectivity index (χ0v) is 19.2. The molecule has 1 aliphatic carbocycles. The van der Waals surface area contributed by atoms with Gasteiger partial charge in [-0.1, -0.05) is 31.4 Å². The summed E-state index contributed by atoms with van der Waals surface area (Å²) >= 11 is 1.55. The highest BCUT2D eigenvalue weighted by atomic mass is 32.1. The normalized spacial score (nSPS) is 17.5. The number of nitrogens with zero attached hydrogens (tertiary/aromatic N) is 3. The number of fused-ring (bicyclic) bond motifs is 1. The summed E-state index contributed by atoms with van der Waals surface area (Å²) in [5.74, 6) is 0.205. The third-order valence-corrected chi connectivity index (χ3v) is 6.80. The van der Waals surface area contributed by atoms with Gasteiger partial charge in [-0.3, -0.25) is 9.79 Å². The molecule has 2 aromatic carbocycles. The van der Waals surface area contributed by atoms with Crippen LogP contribution in [0.25, 0.3) is 11.3 Å². The van der Waals surface area contributed by atoms with E-state index < -0.39 is 0 Å². The van der Waals surface area contributed by atoms with Crippen molar-refractivity contribution < 1.29 is 13.9 Å². The second kappa shape index (κ2) is 9.31. The Bertz CT molecular complexity index is 1270. The number of anilines is 1. The van der Waals surface area contributed by atoms with Crippen LogP contribution in [-0.4, -0.2) is 28.9 Å². The van der Waals surface area contributed by atoms with Crippen LogP contribution in [0, 0.1) is 5.82 Å². The first-order valence-electron chi connectivity index (χ1n) is 11.2. The Balaban J connectivity index is 1.60. The lowest BCUT2D eigenvalue weighted by molar-refractivity contribution is -0.118. The van der Waals surface area contributed by atoms with Gasteiger partial charge in [0, 0.05) is 10.9 Å². The Labute approximate surface area is 195 Å². The van der Waals surface area contributed by atoms with Crippen molar-refractivity contribution in [3.63, 3.8) is 0 Å². The number of rotatable bonds is 4. The predicted molar refractivity (Wildman–Crippen MR) is 128 cm³/mol. The molecule has 1 amide bonds. The fraction of sp³-hybridized carbons (Fsp3) is 0.320. The summed E-state index contributed by atoms with van der Waals surface area (Å²) in [4.78, 5) is 17.7. The Morgan fingerprint density at radius 1 is 1.15 bits per heavy atom. The number of amides is 1. The van der Waals surface area contributed by atoms with E-state index in [2.05, 4.69) is 5.32 Å². The average molecular weight is 465 g/mol. The smallest absolute Gasteiger partial charge is 0.262 e. The summed E-state index contributed by atoms with van der Waals surface area (Å²) in [6, 6.07) is 12.4. The third kappa shape index (κ3) is 4.75. The van der Waals surface area contributed by atoms with Crippen LogP contribution in [0.15, 0.2) is 57.9 Å². The number of hydrogen-bond donors (Lipinski definition) is 1. The average Bonchev–Trinajstić information content (AvgIpc) is 3.21. The molecule has 0 unspecified atom stereocenters. The molecule has 0 atom stereocenters. The van der Waals surface area contributed by atoms with Crippen molar-refractivity contribution in [3.8, 4) is 17.0 Å². The molecule has 0 saturated heterocycles. The Morgan fingerprint density at radius 3 is 2.73 bits per heavy atom. The number of carbonyl (C=O) groups excluding carboxylic acids is 1. The van der Waals surface area contributed by atoms with E-state index in [-0.39, 0.29) is 18.3 Å². The lowest BCUT2D eigenvalue weighted by Crippen LogP contribution is -2.25. The maximum Gasteiger partial charge on any atom is 0.262 e. The van der Waals surface area contributed by atoms with Crippen molar-refractivity contribution in [2.75, 3.05) is 11.9 Å². The number of ether oxygens (including phenoxy) is 1. The predicted octanol–water partition coefficient (Wildman–Crippen LogP) is 5.19. The summed E-state index contributed by atoms with van der Waals surface area (Å²) in [5, 5.41) is 9.80. The van der Waals surface area contributed by atoms with Crippen molar-refractivity contribution >= 4 is 28.6 Å². The maximum absolute atomic E-state index is 13.4. The quantitative estimate of drug-likeness (QED) is 0.540. The SMILES string of the molecule is CC(=Nn1c(-c2ccc3c(c2)NC(=O)CO3)csc1=NC1CCCCC1)c1ccc(F)cc1.